The highest BCUT2D eigenvalue weighted by molar-refractivity contribution is 5.94. The number of Topliss-reactive ketones (excluding diaryl/α,β-unsaturated/α-hetero) is 1. The second-order valence-corrected chi connectivity index (χ2v) is 15.9. The van der Waals surface area contributed by atoms with Crippen LogP contribution in [0.15, 0.2) is 42.5 Å². The van der Waals surface area contributed by atoms with E-state index < -0.39 is 137 Å². The number of benzene rings is 1. The third kappa shape index (κ3) is 9.65. The number of fused-ring (bicyclic) bond motifs is 3. The summed E-state index contributed by atoms with van der Waals surface area (Å²) in [5.74, 6) is -11.7. The van der Waals surface area contributed by atoms with Crippen molar-refractivity contribution in [2.45, 2.75) is 142 Å². The first-order chi connectivity index (χ1) is 27.4. The monoisotopic (exact) mass is 828 g/mol. The van der Waals surface area contributed by atoms with Crippen LogP contribution in [0.1, 0.15) is 105 Å². The Morgan fingerprint density at radius 3 is 1.85 bits per heavy atom. The van der Waals surface area contributed by atoms with Crippen LogP contribution in [-0.2, 0) is 76.3 Å². The maximum absolute atomic E-state index is 15.3. The van der Waals surface area contributed by atoms with Crippen molar-refractivity contribution in [2.24, 2.45) is 17.3 Å². The lowest BCUT2D eigenvalue weighted by Gasteiger charge is -2.53. The number of ether oxygens (including phenoxy) is 8. The van der Waals surface area contributed by atoms with Gasteiger partial charge in [0.15, 0.2) is 53.1 Å². The van der Waals surface area contributed by atoms with Crippen molar-refractivity contribution in [3.8, 4) is 0 Å². The molecule has 10 unspecified atom stereocenters. The molecule has 0 radical (unpaired) electrons. The van der Waals surface area contributed by atoms with Gasteiger partial charge in [0.25, 0.3) is 0 Å². The fourth-order valence-electron chi connectivity index (χ4n) is 8.55. The second-order valence-electron chi connectivity index (χ2n) is 15.9. The molecule has 10 atom stereocenters. The molecule has 0 N–H and O–H groups in total. The molecule has 59 heavy (non-hydrogen) atoms. The molecule has 4 rings (SSSR count). The van der Waals surface area contributed by atoms with Crippen molar-refractivity contribution in [3.63, 3.8) is 0 Å². The molecule has 1 aliphatic heterocycles. The predicted octanol–water partition coefficient (Wildman–Crippen LogP) is 3.85. The minimum absolute atomic E-state index is 0.0586. The number of rotatable bonds is 9. The Morgan fingerprint density at radius 1 is 0.729 bits per heavy atom. The standard InChI is InChI=1S/C42H52O17/c1-11-29(48)55-37-32(52-23(3)43)36(54-25(5)45)39(8,9)19-17-22(2)33(50)42(58-27(7)47)21-40(10,57-26(6)46)34(53-24(4)44)31(42)35-41(37,20-18-30(49)56-35)59-38(51)28-15-13-12-14-16-28/h12-17,19,22,31-32,34-37H,11,18,20-21H2,1-10H3. The van der Waals surface area contributed by atoms with Gasteiger partial charge in [-0.05, 0) is 19.1 Å². The number of hydrogen-bond acceptors (Lipinski definition) is 17. The van der Waals surface area contributed by atoms with E-state index in [9.17, 15) is 38.4 Å². The molecule has 1 aromatic rings. The normalized spacial score (nSPS) is 32.5. The molecule has 1 saturated carbocycles. The Kier molecular flexibility index (Phi) is 13.8. The van der Waals surface area contributed by atoms with E-state index in [0.29, 0.717) is 0 Å². The summed E-state index contributed by atoms with van der Waals surface area (Å²) in [5, 5.41) is 0. The van der Waals surface area contributed by atoms with Crippen molar-refractivity contribution >= 4 is 53.5 Å². The number of carbonyl (C=O) groups excluding carboxylic acids is 9. The molecule has 1 saturated heterocycles. The van der Waals surface area contributed by atoms with Gasteiger partial charge in [-0.25, -0.2) is 4.79 Å². The van der Waals surface area contributed by atoms with E-state index in [-0.39, 0.29) is 12.0 Å². The van der Waals surface area contributed by atoms with Crippen molar-refractivity contribution in [1.29, 1.82) is 0 Å². The summed E-state index contributed by atoms with van der Waals surface area (Å²) in [7, 11) is 0. The highest BCUT2D eigenvalue weighted by Crippen LogP contribution is 2.57. The molecule has 1 aromatic carbocycles. The topological polar surface area (TPSA) is 227 Å². The molecule has 0 aromatic heterocycles. The summed E-state index contributed by atoms with van der Waals surface area (Å²) >= 11 is 0. The Hall–Kier alpha value is -5.61. The molecule has 1 heterocycles. The lowest BCUT2D eigenvalue weighted by atomic mass is 9.66. The first-order valence-corrected chi connectivity index (χ1v) is 19.2. The van der Waals surface area contributed by atoms with Crippen LogP contribution >= 0.6 is 0 Å². The molecule has 0 amide bonds. The average molecular weight is 829 g/mol. The first kappa shape index (κ1) is 46.1. The summed E-state index contributed by atoms with van der Waals surface area (Å²) in [6.07, 6.45) is -8.71. The quantitative estimate of drug-likeness (QED) is 0.196. The van der Waals surface area contributed by atoms with Crippen LogP contribution in [0.25, 0.3) is 0 Å². The van der Waals surface area contributed by atoms with Crippen LogP contribution < -0.4 is 0 Å². The molecule has 322 valence electrons. The second kappa shape index (κ2) is 17.7. The Balaban J connectivity index is 2.33. The summed E-state index contributed by atoms with van der Waals surface area (Å²) in [6.45, 7) is 12.6. The molecule has 17 nitrogen and oxygen atoms in total. The Morgan fingerprint density at radius 2 is 1.31 bits per heavy atom. The number of hydrogen-bond donors (Lipinski definition) is 0. The fourth-order valence-corrected chi connectivity index (χ4v) is 8.55. The Bertz CT molecular complexity index is 1880. The van der Waals surface area contributed by atoms with E-state index in [1.807, 2.05) is 0 Å². The highest BCUT2D eigenvalue weighted by atomic mass is 16.7. The van der Waals surface area contributed by atoms with E-state index in [4.69, 9.17) is 37.9 Å². The lowest BCUT2D eigenvalue weighted by molar-refractivity contribution is -0.265. The van der Waals surface area contributed by atoms with Gasteiger partial charge in [0.2, 0.25) is 0 Å². The van der Waals surface area contributed by atoms with Gasteiger partial charge >= 0.3 is 47.8 Å². The molecular formula is C42H52O17. The highest BCUT2D eigenvalue weighted by Gasteiger charge is 2.76. The third-order valence-electron chi connectivity index (χ3n) is 10.8. The predicted molar refractivity (Wildman–Crippen MR) is 200 cm³/mol. The maximum atomic E-state index is 15.3. The van der Waals surface area contributed by atoms with Gasteiger partial charge in [-0.1, -0.05) is 58.0 Å². The summed E-state index contributed by atoms with van der Waals surface area (Å²) in [4.78, 5) is 123. The third-order valence-corrected chi connectivity index (χ3v) is 10.8. The molecule has 2 aliphatic carbocycles. The minimum Gasteiger partial charge on any atom is -0.458 e. The molecular weight excluding hydrogens is 776 g/mol. The van der Waals surface area contributed by atoms with E-state index >= 15 is 4.79 Å². The molecule has 2 fully saturated rings. The zero-order chi connectivity index (χ0) is 44.2. The number of allylic oxidation sites excluding steroid dienone is 1. The number of esters is 8. The summed E-state index contributed by atoms with van der Waals surface area (Å²) in [6, 6.07) is 7.47. The van der Waals surface area contributed by atoms with Crippen LogP contribution in [0.2, 0.25) is 0 Å². The van der Waals surface area contributed by atoms with Gasteiger partial charge in [-0.15, -0.1) is 0 Å². The average Bonchev–Trinajstić information content (AvgIpc) is 3.36. The summed E-state index contributed by atoms with van der Waals surface area (Å²) < 4.78 is 48.4. The largest absolute Gasteiger partial charge is 0.458 e. The maximum Gasteiger partial charge on any atom is 0.338 e. The van der Waals surface area contributed by atoms with E-state index in [0.717, 1.165) is 34.6 Å². The van der Waals surface area contributed by atoms with Crippen LogP contribution in [0.5, 0.6) is 0 Å². The van der Waals surface area contributed by atoms with Gasteiger partial charge < -0.3 is 37.9 Å². The van der Waals surface area contributed by atoms with Gasteiger partial charge in [0.05, 0.1) is 11.5 Å². The smallest absolute Gasteiger partial charge is 0.338 e. The van der Waals surface area contributed by atoms with Crippen LogP contribution in [0.4, 0.5) is 0 Å². The van der Waals surface area contributed by atoms with E-state index in [1.165, 1.54) is 57.2 Å². The zero-order valence-corrected chi connectivity index (χ0v) is 34.9. The molecule has 17 heteroatoms. The zero-order valence-electron chi connectivity index (χ0n) is 34.9. The molecule has 0 bridgehead atoms. The van der Waals surface area contributed by atoms with Crippen molar-refractivity contribution in [2.75, 3.05) is 0 Å². The fraction of sp³-hybridized carbons (Fsp3) is 0.595. The van der Waals surface area contributed by atoms with E-state index in [2.05, 4.69) is 0 Å². The van der Waals surface area contributed by atoms with Gasteiger partial charge in [-0.3, -0.25) is 38.4 Å². The number of ketones is 1. The van der Waals surface area contributed by atoms with Crippen molar-refractivity contribution < 1.29 is 81.0 Å². The van der Waals surface area contributed by atoms with Crippen molar-refractivity contribution in [1.82, 2.24) is 0 Å². The van der Waals surface area contributed by atoms with Gasteiger partial charge in [0.1, 0.15) is 0 Å². The SMILES string of the molecule is CCC(=O)OC1C(OC(C)=O)C(OC(C)=O)C(C)(C)C=CC(C)C(=O)C2(OC(C)=O)CC(C)(OC(C)=O)C(OC(C)=O)C2C2OC(=O)CCC12OC(=O)c1ccccc1. The molecule has 3 aliphatic rings. The molecule has 0 spiro atoms. The Labute approximate surface area is 341 Å². The van der Waals surface area contributed by atoms with Gasteiger partial charge in [-0.2, -0.15) is 0 Å². The van der Waals surface area contributed by atoms with E-state index in [1.54, 1.807) is 19.9 Å². The minimum atomic E-state index is -2.58. The van der Waals surface area contributed by atoms with Crippen LogP contribution in [0, 0.1) is 17.3 Å². The lowest BCUT2D eigenvalue weighted by Crippen LogP contribution is -2.72. The van der Waals surface area contributed by atoms with Crippen molar-refractivity contribution in [3.05, 3.63) is 48.0 Å². The van der Waals surface area contributed by atoms with Crippen LogP contribution in [-0.4, -0.2) is 101 Å². The number of carbonyl (C=O) groups is 9. The first-order valence-electron chi connectivity index (χ1n) is 19.2. The van der Waals surface area contributed by atoms with Crippen LogP contribution in [0.3, 0.4) is 0 Å². The summed E-state index contributed by atoms with van der Waals surface area (Å²) in [5.41, 5.74) is -8.61. The van der Waals surface area contributed by atoms with Gasteiger partial charge in [0, 0.05) is 71.6 Å².